The van der Waals surface area contributed by atoms with Gasteiger partial charge >= 0.3 is 7.60 Å². The summed E-state index contributed by atoms with van der Waals surface area (Å²) in [6.07, 6.45) is 7.93. The molecule has 3 nitrogen and oxygen atoms in total. The topological polar surface area (TPSA) is 35.5 Å². The van der Waals surface area contributed by atoms with E-state index in [-0.39, 0.29) is 13.2 Å². The minimum absolute atomic E-state index is 0.266. The Balaban J connectivity index is 1.77. The summed E-state index contributed by atoms with van der Waals surface area (Å²) in [6.45, 7) is 2.34. The summed E-state index contributed by atoms with van der Waals surface area (Å²) in [5.41, 5.74) is 2.17. The zero-order valence-corrected chi connectivity index (χ0v) is 14.8. The Bertz CT molecular complexity index is 636. The van der Waals surface area contributed by atoms with Crippen LogP contribution < -0.4 is 0 Å². The van der Waals surface area contributed by atoms with E-state index in [9.17, 15) is 4.57 Å². The van der Waals surface area contributed by atoms with Crippen LogP contribution in [0.4, 0.5) is 0 Å². The van der Waals surface area contributed by atoms with Crippen molar-refractivity contribution in [3.8, 4) is 0 Å². The number of rotatable bonds is 9. The van der Waals surface area contributed by atoms with Gasteiger partial charge < -0.3 is 9.05 Å². The van der Waals surface area contributed by atoms with Crippen molar-refractivity contribution in [2.45, 2.75) is 6.92 Å². The highest BCUT2D eigenvalue weighted by atomic mass is 31.2. The molecular weight excluding hydrogens is 319 g/mol. The van der Waals surface area contributed by atoms with Crippen molar-refractivity contribution >= 4 is 19.7 Å². The van der Waals surface area contributed by atoms with Crippen LogP contribution >= 0.6 is 7.60 Å². The molecule has 4 heteroatoms. The van der Waals surface area contributed by atoms with Gasteiger partial charge in [0, 0.05) is 6.16 Å². The summed E-state index contributed by atoms with van der Waals surface area (Å²) in [6, 6.07) is 19.8. The summed E-state index contributed by atoms with van der Waals surface area (Å²) in [5.74, 6) is 0. The van der Waals surface area contributed by atoms with Crippen LogP contribution in [0.3, 0.4) is 0 Å². The lowest BCUT2D eigenvalue weighted by atomic mass is 10.2. The van der Waals surface area contributed by atoms with Gasteiger partial charge in [0.05, 0.1) is 13.2 Å². The van der Waals surface area contributed by atoms with Crippen molar-refractivity contribution in [3.05, 3.63) is 83.9 Å². The highest BCUT2D eigenvalue weighted by molar-refractivity contribution is 7.53. The van der Waals surface area contributed by atoms with E-state index < -0.39 is 7.60 Å². The van der Waals surface area contributed by atoms with E-state index in [0.717, 1.165) is 11.1 Å². The maximum absolute atomic E-state index is 12.5. The van der Waals surface area contributed by atoms with Gasteiger partial charge in [0.2, 0.25) is 0 Å². The maximum Gasteiger partial charge on any atom is 0.331 e. The Hall–Kier alpha value is -1.93. The zero-order chi connectivity index (χ0) is 17.1. The first-order valence-corrected chi connectivity index (χ1v) is 9.76. The van der Waals surface area contributed by atoms with Gasteiger partial charge in [-0.05, 0) is 11.1 Å². The van der Waals surface area contributed by atoms with Gasteiger partial charge in [-0.25, -0.2) is 0 Å². The lowest BCUT2D eigenvalue weighted by Crippen LogP contribution is -1.98. The molecule has 0 atom stereocenters. The minimum atomic E-state index is -3.05. The van der Waals surface area contributed by atoms with Gasteiger partial charge in [-0.1, -0.05) is 91.9 Å². The van der Waals surface area contributed by atoms with Gasteiger partial charge in [0.1, 0.15) is 0 Å². The quantitative estimate of drug-likeness (QED) is 0.552. The SMILES string of the molecule is CCP(=O)(OC/C=C/c1ccccc1)OC/C=C/c1ccccc1. The average Bonchev–Trinajstić information content (AvgIpc) is 2.64. The van der Waals surface area contributed by atoms with Crippen molar-refractivity contribution in [1.82, 2.24) is 0 Å². The monoisotopic (exact) mass is 342 g/mol. The first-order valence-electron chi connectivity index (χ1n) is 8.03. The molecule has 0 saturated heterocycles. The van der Waals surface area contributed by atoms with Gasteiger partial charge in [-0.2, -0.15) is 0 Å². The van der Waals surface area contributed by atoms with Crippen molar-refractivity contribution < 1.29 is 13.6 Å². The largest absolute Gasteiger partial charge is 0.331 e. The first-order chi connectivity index (χ1) is 11.7. The van der Waals surface area contributed by atoms with Crippen LogP contribution in [-0.4, -0.2) is 19.4 Å². The van der Waals surface area contributed by atoms with Crippen LogP contribution in [0.25, 0.3) is 12.2 Å². The van der Waals surface area contributed by atoms with E-state index in [1.807, 2.05) is 91.9 Å². The Morgan fingerprint density at radius 3 is 1.58 bits per heavy atom. The summed E-state index contributed by atoms with van der Waals surface area (Å²) in [4.78, 5) is 0. The molecular formula is C20H23O3P. The predicted molar refractivity (Wildman–Crippen MR) is 101 cm³/mol. The van der Waals surface area contributed by atoms with E-state index in [0.29, 0.717) is 6.16 Å². The van der Waals surface area contributed by atoms with Crippen molar-refractivity contribution in [2.24, 2.45) is 0 Å². The number of benzene rings is 2. The molecule has 0 heterocycles. The smallest absolute Gasteiger partial charge is 0.304 e. The molecule has 2 aromatic rings. The molecule has 24 heavy (non-hydrogen) atoms. The number of hydrogen-bond donors (Lipinski definition) is 0. The average molecular weight is 342 g/mol. The molecule has 126 valence electrons. The van der Waals surface area contributed by atoms with E-state index >= 15 is 0 Å². The predicted octanol–water partition coefficient (Wildman–Crippen LogP) is 5.66. The molecule has 0 amide bonds. The molecule has 0 N–H and O–H groups in total. The Labute approximate surface area is 144 Å². The van der Waals surface area contributed by atoms with Crippen LogP contribution in [0.1, 0.15) is 18.1 Å². The molecule has 0 radical (unpaired) electrons. The molecule has 0 aromatic heterocycles. The number of hydrogen-bond acceptors (Lipinski definition) is 3. The van der Waals surface area contributed by atoms with E-state index in [4.69, 9.17) is 9.05 Å². The maximum atomic E-state index is 12.5. The van der Waals surface area contributed by atoms with Crippen molar-refractivity contribution in [2.75, 3.05) is 19.4 Å². The van der Waals surface area contributed by atoms with E-state index in [1.54, 1.807) is 0 Å². The normalized spacial score (nSPS) is 12.2. The van der Waals surface area contributed by atoms with Crippen LogP contribution in [-0.2, 0) is 13.6 Å². The Kier molecular flexibility index (Phi) is 7.70. The van der Waals surface area contributed by atoms with Gasteiger partial charge in [-0.3, -0.25) is 4.57 Å². The second-order valence-corrected chi connectivity index (χ2v) is 7.52. The van der Waals surface area contributed by atoms with Crippen LogP contribution in [0, 0.1) is 0 Å². The van der Waals surface area contributed by atoms with Gasteiger partial charge in [0.15, 0.2) is 0 Å². The minimum Gasteiger partial charge on any atom is -0.304 e. The fraction of sp³-hybridized carbons (Fsp3) is 0.200. The van der Waals surface area contributed by atoms with Crippen molar-refractivity contribution in [1.29, 1.82) is 0 Å². The third-order valence-electron chi connectivity index (χ3n) is 3.34. The zero-order valence-electron chi connectivity index (χ0n) is 13.9. The molecule has 0 unspecified atom stereocenters. The highest BCUT2D eigenvalue weighted by Gasteiger charge is 2.20. The molecule has 0 fully saturated rings. The van der Waals surface area contributed by atoms with Gasteiger partial charge in [-0.15, -0.1) is 0 Å². The van der Waals surface area contributed by atoms with Gasteiger partial charge in [0.25, 0.3) is 0 Å². The first kappa shape index (κ1) is 18.4. The second kappa shape index (κ2) is 10.0. The summed E-state index contributed by atoms with van der Waals surface area (Å²) in [7, 11) is -3.05. The molecule has 2 aromatic carbocycles. The molecule has 0 aliphatic heterocycles. The molecule has 0 aliphatic rings. The molecule has 0 bridgehead atoms. The molecule has 0 spiro atoms. The lowest BCUT2D eigenvalue weighted by Gasteiger charge is -2.14. The Morgan fingerprint density at radius 2 is 1.21 bits per heavy atom. The van der Waals surface area contributed by atoms with E-state index in [1.165, 1.54) is 0 Å². The Morgan fingerprint density at radius 1 is 0.792 bits per heavy atom. The van der Waals surface area contributed by atoms with Crippen molar-refractivity contribution in [3.63, 3.8) is 0 Å². The molecule has 2 rings (SSSR count). The lowest BCUT2D eigenvalue weighted by molar-refractivity contribution is 0.238. The summed E-state index contributed by atoms with van der Waals surface area (Å²) >= 11 is 0. The third kappa shape index (κ3) is 6.67. The van der Waals surface area contributed by atoms with Crippen LogP contribution in [0.15, 0.2) is 72.8 Å². The van der Waals surface area contributed by atoms with Crippen LogP contribution in [0.2, 0.25) is 0 Å². The summed E-state index contributed by atoms with van der Waals surface area (Å²) < 4.78 is 23.4. The fourth-order valence-electron chi connectivity index (χ4n) is 2.03. The summed E-state index contributed by atoms with van der Waals surface area (Å²) in [5, 5.41) is 0. The molecule has 0 aliphatic carbocycles. The second-order valence-electron chi connectivity index (χ2n) is 5.14. The van der Waals surface area contributed by atoms with E-state index in [2.05, 4.69) is 0 Å². The highest BCUT2D eigenvalue weighted by Crippen LogP contribution is 2.47. The standard InChI is InChI=1S/C20H23O3P/c1-2-24(21,22-17-9-15-19-11-5-3-6-12-19)23-18-10-16-20-13-7-4-8-14-20/h3-16H,2,17-18H2,1H3/b15-9+,16-10+. The van der Waals surface area contributed by atoms with Crippen LogP contribution in [0.5, 0.6) is 0 Å². The third-order valence-corrected chi connectivity index (χ3v) is 5.20. The fourth-order valence-corrected chi connectivity index (χ4v) is 3.10. The molecule has 0 saturated carbocycles.